The number of nitrogens with zero attached hydrogens (tertiary/aromatic N) is 1. The average Bonchev–Trinajstić information content (AvgIpc) is 2.96. The molecular weight excluding hydrogens is 250 g/mol. The van der Waals surface area contributed by atoms with Crippen molar-refractivity contribution in [1.29, 1.82) is 0 Å². The fourth-order valence-electron chi connectivity index (χ4n) is 2.34. The summed E-state index contributed by atoms with van der Waals surface area (Å²) >= 11 is 1.44. The second-order valence-electron chi connectivity index (χ2n) is 4.75. The molecule has 2 amide bonds. The van der Waals surface area contributed by atoms with Gasteiger partial charge in [-0.3, -0.25) is 19.3 Å². The van der Waals surface area contributed by atoms with E-state index >= 15 is 0 Å². The zero-order valence-corrected chi connectivity index (χ0v) is 10.8. The molecule has 5 heteroatoms. The summed E-state index contributed by atoms with van der Waals surface area (Å²) in [5.41, 5.74) is 0. The predicted octanol–water partition coefficient (Wildman–Crippen LogP) is 1.50. The average molecular weight is 263 g/mol. The number of hydrogen-bond acceptors (Lipinski definition) is 4. The number of piperidine rings is 1. The molecule has 1 saturated carbocycles. The van der Waals surface area contributed by atoms with Crippen LogP contribution in [0.5, 0.6) is 0 Å². The zero-order valence-electron chi connectivity index (χ0n) is 10.0. The number of likely N-dealkylation sites (tertiary alicyclic amines) is 1. The number of carbonyl (C=O) groups is 3. The maximum absolute atomic E-state index is 12.0. The molecule has 1 aliphatic carbocycles. The van der Waals surface area contributed by atoms with Crippen LogP contribution >= 0.6 is 11.3 Å². The van der Waals surface area contributed by atoms with Gasteiger partial charge in [0.05, 0.1) is 23.3 Å². The van der Waals surface area contributed by atoms with Crippen LogP contribution in [0, 0.1) is 11.8 Å². The molecule has 4 nitrogen and oxygen atoms in total. The first kappa shape index (κ1) is 11.6. The number of aryl methyl sites for hydroxylation is 1. The van der Waals surface area contributed by atoms with Gasteiger partial charge in [-0.1, -0.05) is 6.92 Å². The van der Waals surface area contributed by atoms with Gasteiger partial charge in [0.15, 0.2) is 5.78 Å². The van der Waals surface area contributed by atoms with Crippen molar-refractivity contribution in [1.82, 2.24) is 4.90 Å². The Morgan fingerprint density at radius 1 is 1.33 bits per heavy atom. The Bertz CT molecular complexity index is 528. The summed E-state index contributed by atoms with van der Waals surface area (Å²) in [5, 5.41) is 0. The fourth-order valence-corrected chi connectivity index (χ4v) is 3.22. The molecule has 1 aliphatic heterocycles. The molecule has 2 fully saturated rings. The lowest BCUT2D eigenvalue weighted by molar-refractivity contribution is -0.140. The SMILES string of the molecule is CCc1ccc(C(=O)CN2C(=O)C3CC3C2=O)s1. The largest absolute Gasteiger partial charge is 0.291 e. The van der Waals surface area contributed by atoms with Crippen molar-refractivity contribution in [3.8, 4) is 0 Å². The fraction of sp³-hybridized carbons (Fsp3) is 0.462. The van der Waals surface area contributed by atoms with Crippen molar-refractivity contribution in [2.45, 2.75) is 19.8 Å². The molecule has 18 heavy (non-hydrogen) atoms. The summed E-state index contributed by atoms with van der Waals surface area (Å²) in [6, 6.07) is 3.70. The molecule has 2 heterocycles. The van der Waals surface area contributed by atoms with E-state index < -0.39 is 0 Å². The Balaban J connectivity index is 1.71. The van der Waals surface area contributed by atoms with Crippen molar-refractivity contribution >= 4 is 28.9 Å². The maximum atomic E-state index is 12.0. The highest BCUT2D eigenvalue weighted by molar-refractivity contribution is 7.14. The van der Waals surface area contributed by atoms with Crippen molar-refractivity contribution in [3.63, 3.8) is 0 Å². The van der Waals surface area contributed by atoms with Gasteiger partial charge in [-0.25, -0.2) is 0 Å². The van der Waals surface area contributed by atoms with Crippen LogP contribution in [-0.4, -0.2) is 29.0 Å². The van der Waals surface area contributed by atoms with Gasteiger partial charge in [0.25, 0.3) is 0 Å². The molecule has 1 aromatic heterocycles. The summed E-state index contributed by atoms with van der Waals surface area (Å²) in [7, 11) is 0. The Hall–Kier alpha value is -1.49. The van der Waals surface area contributed by atoms with Gasteiger partial charge in [0.2, 0.25) is 11.8 Å². The van der Waals surface area contributed by atoms with Crippen molar-refractivity contribution in [2.24, 2.45) is 11.8 Å². The van der Waals surface area contributed by atoms with Crippen molar-refractivity contribution < 1.29 is 14.4 Å². The summed E-state index contributed by atoms with van der Waals surface area (Å²) in [5.74, 6) is -0.710. The lowest BCUT2D eigenvalue weighted by atomic mass is 10.2. The molecule has 0 aromatic carbocycles. The predicted molar refractivity (Wildman–Crippen MR) is 66.3 cm³/mol. The quantitative estimate of drug-likeness (QED) is 0.611. The number of rotatable bonds is 4. The highest BCUT2D eigenvalue weighted by Gasteiger charge is 2.59. The maximum Gasteiger partial charge on any atom is 0.233 e. The monoisotopic (exact) mass is 263 g/mol. The molecule has 2 atom stereocenters. The van der Waals surface area contributed by atoms with Gasteiger partial charge >= 0.3 is 0 Å². The molecule has 1 saturated heterocycles. The van der Waals surface area contributed by atoms with E-state index in [1.807, 2.05) is 13.0 Å². The highest BCUT2D eigenvalue weighted by Crippen LogP contribution is 2.46. The van der Waals surface area contributed by atoms with Crippen molar-refractivity contribution in [3.05, 3.63) is 21.9 Å². The first-order valence-electron chi connectivity index (χ1n) is 6.09. The van der Waals surface area contributed by atoms with Crippen LogP contribution in [0.3, 0.4) is 0 Å². The number of ketones is 1. The second kappa shape index (κ2) is 4.02. The summed E-state index contributed by atoms with van der Waals surface area (Å²) in [6.45, 7) is 1.94. The van der Waals surface area contributed by atoms with Gasteiger partial charge in [-0.15, -0.1) is 11.3 Å². The topological polar surface area (TPSA) is 54.5 Å². The number of hydrogen-bond donors (Lipinski definition) is 0. The van der Waals surface area contributed by atoms with Gasteiger partial charge in [-0.2, -0.15) is 0 Å². The number of thiophene rings is 1. The molecule has 0 bridgehead atoms. The van der Waals surface area contributed by atoms with Gasteiger partial charge in [0, 0.05) is 4.88 Å². The first-order chi connectivity index (χ1) is 8.61. The van der Waals surface area contributed by atoms with E-state index in [1.165, 1.54) is 11.3 Å². The van der Waals surface area contributed by atoms with Crippen LogP contribution < -0.4 is 0 Å². The molecule has 2 unspecified atom stereocenters. The van der Waals surface area contributed by atoms with Crippen LogP contribution in [0.15, 0.2) is 12.1 Å². The van der Waals surface area contributed by atoms with E-state index in [2.05, 4.69) is 0 Å². The normalized spacial score (nSPS) is 25.5. The highest BCUT2D eigenvalue weighted by atomic mass is 32.1. The molecular formula is C13H13NO3S. The first-order valence-corrected chi connectivity index (χ1v) is 6.90. The molecule has 0 radical (unpaired) electrons. The summed E-state index contributed by atoms with van der Waals surface area (Å²) < 4.78 is 0. The molecule has 0 N–H and O–H groups in total. The number of carbonyl (C=O) groups excluding carboxylic acids is 3. The molecule has 0 spiro atoms. The summed E-state index contributed by atoms with van der Waals surface area (Å²) in [4.78, 5) is 38.4. The molecule has 94 valence electrons. The second-order valence-corrected chi connectivity index (χ2v) is 5.92. The van der Waals surface area contributed by atoms with Crippen LogP contribution in [0.1, 0.15) is 27.9 Å². The van der Waals surface area contributed by atoms with Crippen LogP contribution in [0.25, 0.3) is 0 Å². The number of fused-ring (bicyclic) bond motifs is 1. The Morgan fingerprint density at radius 3 is 2.56 bits per heavy atom. The minimum atomic E-state index is -0.161. The Labute approximate surface area is 109 Å². The molecule has 1 aromatic rings. The van der Waals surface area contributed by atoms with Crippen molar-refractivity contribution in [2.75, 3.05) is 6.54 Å². The third kappa shape index (κ3) is 1.70. The van der Waals surface area contributed by atoms with Gasteiger partial charge < -0.3 is 0 Å². The van der Waals surface area contributed by atoms with E-state index in [0.717, 1.165) is 16.2 Å². The minimum Gasteiger partial charge on any atom is -0.291 e. The van der Waals surface area contributed by atoms with E-state index in [9.17, 15) is 14.4 Å². The zero-order chi connectivity index (χ0) is 12.9. The van der Waals surface area contributed by atoms with Crippen LogP contribution in [0.4, 0.5) is 0 Å². The molecule has 3 rings (SSSR count). The van der Waals surface area contributed by atoms with Crippen LogP contribution in [0.2, 0.25) is 0 Å². The smallest absolute Gasteiger partial charge is 0.233 e. The van der Waals surface area contributed by atoms with Gasteiger partial charge in [-0.05, 0) is 25.0 Å². The van der Waals surface area contributed by atoms with E-state index in [-0.39, 0.29) is 36.0 Å². The molecule has 2 aliphatic rings. The summed E-state index contributed by atoms with van der Waals surface area (Å²) in [6.07, 6.45) is 1.57. The number of imide groups is 1. The Morgan fingerprint density at radius 2 is 2.00 bits per heavy atom. The standard InChI is InChI=1S/C13H13NO3S/c1-2-7-3-4-11(18-7)10(15)6-14-12(16)8-5-9(8)13(14)17/h3-4,8-9H,2,5-6H2,1H3. The minimum absolute atomic E-state index is 0.0890. The number of Topliss-reactive ketones (excluding diaryl/α,β-unsaturated/α-hetero) is 1. The third-order valence-corrected chi connectivity index (χ3v) is 4.81. The lowest BCUT2D eigenvalue weighted by Crippen LogP contribution is -2.37. The van der Waals surface area contributed by atoms with E-state index in [1.54, 1.807) is 6.07 Å². The third-order valence-electron chi connectivity index (χ3n) is 3.54. The lowest BCUT2D eigenvalue weighted by Gasteiger charge is -2.14. The van der Waals surface area contributed by atoms with E-state index in [4.69, 9.17) is 0 Å². The van der Waals surface area contributed by atoms with E-state index in [0.29, 0.717) is 11.3 Å². The Kier molecular flexibility index (Phi) is 2.59. The van der Waals surface area contributed by atoms with Crippen LogP contribution in [-0.2, 0) is 16.0 Å². The number of amides is 2. The van der Waals surface area contributed by atoms with Gasteiger partial charge in [0.1, 0.15) is 0 Å².